The van der Waals surface area contributed by atoms with E-state index in [1.165, 1.54) is 5.56 Å². The van der Waals surface area contributed by atoms with Crippen LogP contribution in [0.15, 0.2) is 42.5 Å². The molecule has 0 fully saturated rings. The molecule has 0 aliphatic rings. The van der Waals surface area contributed by atoms with Crippen LogP contribution in [0.25, 0.3) is 0 Å². The van der Waals surface area contributed by atoms with Crippen molar-refractivity contribution in [2.24, 2.45) is 0 Å². The summed E-state index contributed by atoms with van der Waals surface area (Å²) in [5.74, 6) is 1.62. The van der Waals surface area contributed by atoms with Gasteiger partial charge in [0.1, 0.15) is 11.5 Å². The zero-order valence-electron chi connectivity index (χ0n) is 12.1. The third-order valence-corrected chi connectivity index (χ3v) is 3.18. The Morgan fingerprint density at radius 1 is 1.15 bits per heavy atom. The molecular formula is C17H20ClNO. The third-order valence-electron chi connectivity index (χ3n) is 2.94. The number of aryl methyl sites for hydroxylation is 1. The third kappa shape index (κ3) is 4.26. The highest BCUT2D eigenvalue weighted by Crippen LogP contribution is 2.28. The summed E-state index contributed by atoms with van der Waals surface area (Å²) in [7, 11) is 0. The van der Waals surface area contributed by atoms with E-state index in [1.54, 1.807) is 0 Å². The Kier molecular flexibility index (Phi) is 5.05. The second kappa shape index (κ2) is 6.78. The average molecular weight is 290 g/mol. The summed E-state index contributed by atoms with van der Waals surface area (Å²) in [5, 5.41) is 4.10. The number of hydrogen-bond acceptors (Lipinski definition) is 2. The van der Waals surface area contributed by atoms with Crippen molar-refractivity contribution in [3.05, 3.63) is 58.6 Å². The van der Waals surface area contributed by atoms with Gasteiger partial charge in [-0.25, -0.2) is 0 Å². The summed E-state index contributed by atoms with van der Waals surface area (Å²) >= 11 is 5.99. The lowest BCUT2D eigenvalue weighted by atomic mass is 10.1. The Bertz CT molecular complexity index is 581. The van der Waals surface area contributed by atoms with Gasteiger partial charge in [-0.1, -0.05) is 49.2 Å². The number of rotatable bonds is 5. The Labute approximate surface area is 125 Å². The molecule has 0 aromatic heterocycles. The van der Waals surface area contributed by atoms with Gasteiger partial charge in [0.25, 0.3) is 0 Å². The molecule has 0 unspecified atom stereocenters. The lowest BCUT2D eigenvalue weighted by molar-refractivity contribution is 0.469. The van der Waals surface area contributed by atoms with Gasteiger partial charge in [0.2, 0.25) is 0 Å². The standard InChI is InChI=1S/C17H20ClNO/c1-12(2)19-11-14-9-13(3)7-8-17(14)20-16-6-4-5-15(18)10-16/h4-10,12,19H,11H2,1-3H3. The second-order valence-corrected chi connectivity index (χ2v) is 5.64. The first kappa shape index (κ1) is 14.9. The van der Waals surface area contributed by atoms with Crippen molar-refractivity contribution in [3.63, 3.8) is 0 Å². The largest absolute Gasteiger partial charge is 0.457 e. The number of hydrogen-bond donors (Lipinski definition) is 1. The normalized spacial score (nSPS) is 10.8. The first-order chi connectivity index (χ1) is 9.54. The van der Waals surface area contributed by atoms with Gasteiger partial charge in [-0.2, -0.15) is 0 Å². The van der Waals surface area contributed by atoms with Gasteiger partial charge >= 0.3 is 0 Å². The minimum Gasteiger partial charge on any atom is -0.457 e. The van der Waals surface area contributed by atoms with Gasteiger partial charge in [0, 0.05) is 23.2 Å². The molecule has 0 heterocycles. The van der Waals surface area contributed by atoms with Crippen molar-refractivity contribution < 1.29 is 4.74 Å². The minimum absolute atomic E-state index is 0.439. The number of benzene rings is 2. The van der Waals surface area contributed by atoms with Crippen LogP contribution in [0.2, 0.25) is 5.02 Å². The number of nitrogens with one attached hydrogen (secondary N) is 1. The molecule has 2 aromatic rings. The maximum atomic E-state index is 5.99. The van der Waals surface area contributed by atoms with Crippen LogP contribution in [0.4, 0.5) is 0 Å². The lowest BCUT2D eigenvalue weighted by Crippen LogP contribution is -2.22. The minimum atomic E-state index is 0.439. The summed E-state index contributed by atoms with van der Waals surface area (Å²) in [5.41, 5.74) is 2.38. The molecule has 3 heteroatoms. The molecule has 20 heavy (non-hydrogen) atoms. The van der Waals surface area contributed by atoms with Crippen molar-refractivity contribution in [1.29, 1.82) is 0 Å². The van der Waals surface area contributed by atoms with Crippen LogP contribution in [0.3, 0.4) is 0 Å². The van der Waals surface area contributed by atoms with E-state index in [1.807, 2.05) is 30.3 Å². The molecule has 0 radical (unpaired) electrons. The van der Waals surface area contributed by atoms with Crippen molar-refractivity contribution in [2.75, 3.05) is 0 Å². The van der Waals surface area contributed by atoms with Crippen molar-refractivity contribution in [2.45, 2.75) is 33.4 Å². The fourth-order valence-electron chi connectivity index (χ4n) is 1.92. The summed E-state index contributed by atoms with van der Waals surface area (Å²) in [6.07, 6.45) is 0. The zero-order valence-corrected chi connectivity index (χ0v) is 12.9. The van der Waals surface area contributed by atoms with Gasteiger partial charge < -0.3 is 10.1 Å². The van der Waals surface area contributed by atoms with Crippen LogP contribution >= 0.6 is 11.6 Å². The van der Waals surface area contributed by atoms with E-state index in [0.717, 1.165) is 23.6 Å². The van der Waals surface area contributed by atoms with Crippen molar-refractivity contribution in [1.82, 2.24) is 5.32 Å². The van der Waals surface area contributed by atoms with Crippen LogP contribution in [-0.4, -0.2) is 6.04 Å². The summed E-state index contributed by atoms with van der Waals surface area (Å²) in [6.45, 7) is 7.14. The molecule has 2 nitrogen and oxygen atoms in total. The molecule has 0 atom stereocenters. The SMILES string of the molecule is Cc1ccc(Oc2cccc(Cl)c2)c(CNC(C)C)c1. The second-order valence-electron chi connectivity index (χ2n) is 5.21. The average Bonchev–Trinajstić information content (AvgIpc) is 2.39. The molecule has 0 spiro atoms. The van der Waals surface area contributed by atoms with Crippen LogP contribution in [0, 0.1) is 6.92 Å². The highest BCUT2D eigenvalue weighted by molar-refractivity contribution is 6.30. The monoisotopic (exact) mass is 289 g/mol. The molecule has 0 aliphatic heterocycles. The van der Waals surface area contributed by atoms with Crippen molar-refractivity contribution in [3.8, 4) is 11.5 Å². The van der Waals surface area contributed by atoms with Crippen LogP contribution in [0.5, 0.6) is 11.5 Å². The van der Waals surface area contributed by atoms with Gasteiger partial charge in [-0.3, -0.25) is 0 Å². The van der Waals surface area contributed by atoms with Crippen LogP contribution in [0.1, 0.15) is 25.0 Å². The first-order valence-electron chi connectivity index (χ1n) is 6.81. The molecule has 0 amide bonds. The molecule has 0 bridgehead atoms. The Hall–Kier alpha value is -1.51. The van der Waals surface area contributed by atoms with Gasteiger partial charge in [-0.05, 0) is 31.2 Å². The van der Waals surface area contributed by atoms with E-state index in [-0.39, 0.29) is 0 Å². The molecule has 2 aromatic carbocycles. The Morgan fingerprint density at radius 2 is 1.95 bits per heavy atom. The maximum absolute atomic E-state index is 5.99. The zero-order chi connectivity index (χ0) is 14.5. The highest BCUT2D eigenvalue weighted by Gasteiger charge is 2.06. The lowest BCUT2D eigenvalue weighted by Gasteiger charge is -2.14. The fraction of sp³-hybridized carbons (Fsp3) is 0.294. The smallest absolute Gasteiger partial charge is 0.131 e. The van der Waals surface area contributed by atoms with Gasteiger partial charge in [0.05, 0.1) is 0 Å². The van der Waals surface area contributed by atoms with Gasteiger partial charge in [-0.15, -0.1) is 0 Å². The highest BCUT2D eigenvalue weighted by atomic mass is 35.5. The van der Waals surface area contributed by atoms with E-state index in [0.29, 0.717) is 11.1 Å². The summed E-state index contributed by atoms with van der Waals surface area (Å²) in [4.78, 5) is 0. The predicted molar refractivity (Wildman–Crippen MR) is 84.7 cm³/mol. The van der Waals surface area contributed by atoms with Gasteiger partial charge in [0.15, 0.2) is 0 Å². The summed E-state index contributed by atoms with van der Waals surface area (Å²) < 4.78 is 5.95. The number of halogens is 1. The van der Waals surface area contributed by atoms with E-state index < -0.39 is 0 Å². The van der Waals surface area contributed by atoms with E-state index in [9.17, 15) is 0 Å². The van der Waals surface area contributed by atoms with Crippen LogP contribution in [-0.2, 0) is 6.54 Å². The molecule has 0 saturated heterocycles. The first-order valence-corrected chi connectivity index (χ1v) is 7.19. The fourth-order valence-corrected chi connectivity index (χ4v) is 2.10. The Morgan fingerprint density at radius 3 is 2.65 bits per heavy atom. The maximum Gasteiger partial charge on any atom is 0.131 e. The predicted octanol–water partition coefficient (Wildman–Crippen LogP) is 4.94. The quantitative estimate of drug-likeness (QED) is 0.842. The van der Waals surface area contributed by atoms with E-state index in [4.69, 9.17) is 16.3 Å². The molecule has 2 rings (SSSR count). The summed E-state index contributed by atoms with van der Waals surface area (Å²) in [6, 6.07) is 14.1. The van der Waals surface area contributed by atoms with Crippen LogP contribution < -0.4 is 10.1 Å². The topological polar surface area (TPSA) is 21.3 Å². The molecule has 0 aliphatic carbocycles. The molecular weight excluding hydrogens is 270 g/mol. The van der Waals surface area contributed by atoms with Crippen molar-refractivity contribution >= 4 is 11.6 Å². The molecule has 1 N–H and O–H groups in total. The number of ether oxygens (including phenoxy) is 1. The molecule has 0 saturated carbocycles. The van der Waals surface area contributed by atoms with E-state index >= 15 is 0 Å². The van der Waals surface area contributed by atoms with E-state index in [2.05, 4.69) is 38.2 Å². The molecule has 106 valence electrons. The Balaban J connectivity index is 2.21.